The van der Waals surface area contributed by atoms with Crippen LogP contribution in [-0.4, -0.2) is 38.8 Å². The number of aryl methyl sites for hydroxylation is 3. The molecule has 0 radical (unpaired) electrons. The van der Waals surface area contributed by atoms with E-state index in [1.54, 1.807) is 24.1 Å². The van der Waals surface area contributed by atoms with Gasteiger partial charge in [-0.25, -0.2) is 8.42 Å². The van der Waals surface area contributed by atoms with Crippen LogP contribution in [0.2, 0.25) is 0 Å². The fraction of sp³-hybridized carbons (Fsp3) is 0.409. The van der Waals surface area contributed by atoms with Crippen molar-refractivity contribution in [1.29, 1.82) is 0 Å². The molecule has 0 spiro atoms. The molecule has 150 valence electrons. The van der Waals surface area contributed by atoms with Gasteiger partial charge in [-0.3, -0.25) is 4.79 Å². The molecular formula is C22H28N2O3S. The smallest absolute Gasteiger partial charge is 0.243 e. The fourth-order valence-electron chi connectivity index (χ4n) is 3.54. The van der Waals surface area contributed by atoms with Gasteiger partial charge in [0.2, 0.25) is 15.9 Å². The van der Waals surface area contributed by atoms with Gasteiger partial charge in [0.25, 0.3) is 0 Å². The maximum Gasteiger partial charge on any atom is 0.243 e. The first kappa shape index (κ1) is 20.6. The SMILES string of the molecule is Cc1ccc(S(=O)(=O)N2CCC(C(=O)N(C)c3ccc(C)c(C)c3)CC2)cc1. The Morgan fingerprint density at radius 2 is 1.57 bits per heavy atom. The van der Waals surface area contributed by atoms with E-state index in [0.29, 0.717) is 30.8 Å². The van der Waals surface area contributed by atoms with E-state index < -0.39 is 10.0 Å². The van der Waals surface area contributed by atoms with E-state index in [-0.39, 0.29) is 11.8 Å². The zero-order valence-electron chi connectivity index (χ0n) is 17.0. The summed E-state index contributed by atoms with van der Waals surface area (Å²) in [5.41, 5.74) is 4.25. The van der Waals surface area contributed by atoms with Crippen LogP contribution in [0.4, 0.5) is 5.69 Å². The van der Waals surface area contributed by atoms with Gasteiger partial charge in [-0.05, 0) is 69.0 Å². The lowest BCUT2D eigenvalue weighted by atomic mass is 9.96. The van der Waals surface area contributed by atoms with Crippen molar-refractivity contribution in [1.82, 2.24) is 4.31 Å². The van der Waals surface area contributed by atoms with Gasteiger partial charge in [0, 0.05) is 31.7 Å². The molecule has 0 atom stereocenters. The highest BCUT2D eigenvalue weighted by Crippen LogP contribution is 2.27. The number of rotatable bonds is 4. The molecule has 1 aliphatic rings. The molecule has 28 heavy (non-hydrogen) atoms. The first-order valence-corrected chi connectivity index (χ1v) is 11.1. The van der Waals surface area contributed by atoms with Crippen LogP contribution >= 0.6 is 0 Å². The minimum atomic E-state index is -3.50. The number of hydrogen-bond donors (Lipinski definition) is 0. The minimum absolute atomic E-state index is 0.0515. The monoisotopic (exact) mass is 400 g/mol. The van der Waals surface area contributed by atoms with Crippen molar-refractivity contribution in [2.24, 2.45) is 5.92 Å². The number of anilines is 1. The quantitative estimate of drug-likeness (QED) is 0.787. The van der Waals surface area contributed by atoms with E-state index in [9.17, 15) is 13.2 Å². The van der Waals surface area contributed by atoms with E-state index in [2.05, 4.69) is 0 Å². The molecule has 1 saturated heterocycles. The van der Waals surface area contributed by atoms with Gasteiger partial charge < -0.3 is 4.90 Å². The molecular weight excluding hydrogens is 372 g/mol. The largest absolute Gasteiger partial charge is 0.315 e. The fourth-order valence-corrected chi connectivity index (χ4v) is 5.01. The third-order valence-corrected chi connectivity index (χ3v) is 7.58. The van der Waals surface area contributed by atoms with Crippen LogP contribution in [0.25, 0.3) is 0 Å². The van der Waals surface area contributed by atoms with Gasteiger partial charge in [0.05, 0.1) is 4.90 Å². The average Bonchev–Trinajstić information content (AvgIpc) is 2.69. The number of hydrogen-bond acceptors (Lipinski definition) is 3. The maximum atomic E-state index is 12.9. The second kappa shape index (κ2) is 8.05. The molecule has 5 nitrogen and oxygen atoms in total. The Morgan fingerprint density at radius 1 is 0.964 bits per heavy atom. The Morgan fingerprint density at radius 3 is 2.14 bits per heavy atom. The predicted molar refractivity (Wildman–Crippen MR) is 112 cm³/mol. The second-order valence-electron chi connectivity index (χ2n) is 7.66. The van der Waals surface area contributed by atoms with E-state index in [1.807, 2.05) is 51.1 Å². The molecule has 2 aromatic carbocycles. The molecule has 0 unspecified atom stereocenters. The number of amides is 1. The van der Waals surface area contributed by atoms with Crippen molar-refractivity contribution in [2.75, 3.05) is 25.0 Å². The molecule has 0 N–H and O–H groups in total. The van der Waals surface area contributed by atoms with Crippen LogP contribution in [0.3, 0.4) is 0 Å². The highest BCUT2D eigenvalue weighted by Gasteiger charge is 2.33. The van der Waals surface area contributed by atoms with E-state index >= 15 is 0 Å². The number of piperidine rings is 1. The van der Waals surface area contributed by atoms with Gasteiger partial charge in [-0.1, -0.05) is 23.8 Å². The Labute approximate surface area is 168 Å². The third-order valence-electron chi connectivity index (χ3n) is 5.67. The molecule has 0 bridgehead atoms. The van der Waals surface area contributed by atoms with Gasteiger partial charge in [0.1, 0.15) is 0 Å². The van der Waals surface area contributed by atoms with E-state index in [4.69, 9.17) is 0 Å². The Bertz CT molecular complexity index is 960. The Balaban J connectivity index is 1.66. The maximum absolute atomic E-state index is 12.9. The van der Waals surface area contributed by atoms with Crippen LogP contribution < -0.4 is 4.90 Å². The van der Waals surface area contributed by atoms with Crippen molar-refractivity contribution >= 4 is 21.6 Å². The molecule has 1 heterocycles. The third kappa shape index (κ3) is 4.13. The van der Waals surface area contributed by atoms with Gasteiger partial charge in [-0.2, -0.15) is 4.31 Å². The van der Waals surface area contributed by atoms with Crippen molar-refractivity contribution in [2.45, 2.75) is 38.5 Å². The lowest BCUT2D eigenvalue weighted by Gasteiger charge is -2.32. The number of carbonyl (C=O) groups excluding carboxylic acids is 1. The predicted octanol–water partition coefficient (Wildman–Crippen LogP) is 3.68. The first-order valence-electron chi connectivity index (χ1n) is 9.62. The van der Waals surface area contributed by atoms with Crippen molar-refractivity contribution < 1.29 is 13.2 Å². The van der Waals surface area contributed by atoms with Crippen molar-refractivity contribution in [3.8, 4) is 0 Å². The minimum Gasteiger partial charge on any atom is -0.315 e. The molecule has 0 aliphatic carbocycles. The number of benzene rings is 2. The van der Waals surface area contributed by atoms with Crippen LogP contribution in [0.5, 0.6) is 0 Å². The van der Waals surface area contributed by atoms with E-state index in [0.717, 1.165) is 16.8 Å². The summed E-state index contributed by atoms with van der Waals surface area (Å²) in [5, 5.41) is 0. The standard InChI is InChI=1S/C22H28N2O3S/c1-16-5-9-21(10-6-16)28(26,27)24-13-11-19(12-14-24)22(25)23(4)20-8-7-17(2)18(3)15-20/h5-10,15,19H,11-14H2,1-4H3. The molecule has 6 heteroatoms. The number of nitrogens with zero attached hydrogens (tertiary/aromatic N) is 2. The topological polar surface area (TPSA) is 57.7 Å². The van der Waals surface area contributed by atoms with Crippen molar-refractivity contribution in [3.63, 3.8) is 0 Å². The van der Waals surface area contributed by atoms with Crippen LogP contribution in [-0.2, 0) is 14.8 Å². The van der Waals surface area contributed by atoms with Crippen molar-refractivity contribution in [3.05, 3.63) is 59.2 Å². The lowest BCUT2D eigenvalue weighted by molar-refractivity contribution is -0.123. The summed E-state index contributed by atoms with van der Waals surface area (Å²) in [6.07, 6.45) is 1.08. The zero-order chi connectivity index (χ0) is 20.5. The summed E-state index contributed by atoms with van der Waals surface area (Å²) in [7, 11) is -1.71. The summed E-state index contributed by atoms with van der Waals surface area (Å²) in [4.78, 5) is 14.9. The summed E-state index contributed by atoms with van der Waals surface area (Å²) in [6, 6.07) is 12.9. The molecule has 1 fully saturated rings. The van der Waals surface area contributed by atoms with Crippen LogP contribution in [0.1, 0.15) is 29.5 Å². The number of sulfonamides is 1. The summed E-state index contributed by atoms with van der Waals surface area (Å²) < 4.78 is 27.2. The van der Waals surface area contributed by atoms with Gasteiger partial charge in [0.15, 0.2) is 0 Å². The normalized spacial score (nSPS) is 16.1. The first-order chi connectivity index (χ1) is 13.2. The molecule has 0 aromatic heterocycles. The lowest BCUT2D eigenvalue weighted by Crippen LogP contribution is -2.43. The molecule has 0 saturated carbocycles. The van der Waals surface area contributed by atoms with Gasteiger partial charge in [-0.15, -0.1) is 0 Å². The van der Waals surface area contributed by atoms with Crippen LogP contribution in [0, 0.1) is 26.7 Å². The van der Waals surface area contributed by atoms with Gasteiger partial charge >= 0.3 is 0 Å². The average molecular weight is 401 g/mol. The highest BCUT2D eigenvalue weighted by atomic mass is 32.2. The molecule has 3 rings (SSSR count). The summed E-state index contributed by atoms with van der Waals surface area (Å²) in [6.45, 7) is 6.75. The molecule has 1 aliphatic heterocycles. The zero-order valence-corrected chi connectivity index (χ0v) is 17.8. The summed E-state index contributed by atoms with van der Waals surface area (Å²) in [5.74, 6) is -0.105. The number of carbonyl (C=O) groups is 1. The highest BCUT2D eigenvalue weighted by molar-refractivity contribution is 7.89. The summed E-state index contributed by atoms with van der Waals surface area (Å²) >= 11 is 0. The Kier molecular flexibility index (Phi) is 5.91. The molecule has 1 amide bonds. The van der Waals surface area contributed by atoms with E-state index in [1.165, 1.54) is 9.87 Å². The molecule has 2 aromatic rings. The second-order valence-corrected chi connectivity index (χ2v) is 9.60. The Hall–Kier alpha value is -2.18. The van der Waals surface area contributed by atoms with Crippen LogP contribution in [0.15, 0.2) is 47.4 Å².